The molecule has 1 aliphatic heterocycles. The number of carbonyl (C=O) groups is 4. The van der Waals surface area contributed by atoms with Crippen molar-refractivity contribution in [1.82, 2.24) is 5.32 Å². The van der Waals surface area contributed by atoms with Crippen molar-refractivity contribution in [3.8, 4) is 11.5 Å². The number of anilines is 1. The average Bonchev–Trinajstić information content (AvgIpc) is 2.91. The van der Waals surface area contributed by atoms with E-state index < -0.39 is 23.8 Å². The Labute approximate surface area is 219 Å². The predicted octanol–water partition coefficient (Wildman–Crippen LogP) is 4.43. The number of nitrogens with one attached hydrogen (secondary N) is 1. The number of hydrogen-bond donors (Lipinski definition) is 1. The molecule has 0 radical (unpaired) electrons. The number of hydrogen-bond acceptors (Lipinski definition) is 7. The van der Waals surface area contributed by atoms with E-state index in [-0.39, 0.29) is 30.0 Å². The van der Waals surface area contributed by atoms with Gasteiger partial charge in [-0.2, -0.15) is 0 Å². The highest BCUT2D eigenvalue weighted by atomic mass is 16.5. The van der Waals surface area contributed by atoms with Crippen LogP contribution in [0.25, 0.3) is 6.08 Å². The van der Waals surface area contributed by atoms with E-state index in [1.165, 1.54) is 37.5 Å². The Morgan fingerprint density at radius 3 is 2.34 bits per heavy atom. The third-order valence-electron chi connectivity index (χ3n) is 5.77. The maximum Gasteiger partial charge on any atom is 0.338 e. The molecule has 194 valence electrons. The Kier molecular flexibility index (Phi) is 7.86. The number of nitrogens with zero attached hydrogens (tertiary/aromatic N) is 1. The van der Waals surface area contributed by atoms with Gasteiger partial charge in [0.1, 0.15) is 23.7 Å². The van der Waals surface area contributed by atoms with Gasteiger partial charge < -0.3 is 14.2 Å². The van der Waals surface area contributed by atoms with Crippen molar-refractivity contribution < 1.29 is 33.4 Å². The fourth-order valence-electron chi connectivity index (χ4n) is 3.74. The Balaban J connectivity index is 1.64. The number of amides is 4. The zero-order valence-corrected chi connectivity index (χ0v) is 21.1. The number of imide groups is 2. The zero-order chi connectivity index (χ0) is 27.2. The van der Waals surface area contributed by atoms with Crippen LogP contribution in [-0.2, 0) is 20.9 Å². The second-order valence-electron chi connectivity index (χ2n) is 8.40. The van der Waals surface area contributed by atoms with Crippen LogP contribution in [-0.4, -0.2) is 37.5 Å². The lowest BCUT2D eigenvalue weighted by Gasteiger charge is -2.26. The average molecular weight is 515 g/mol. The van der Waals surface area contributed by atoms with Crippen LogP contribution in [0.1, 0.15) is 34.0 Å². The lowest BCUT2D eigenvalue weighted by molar-refractivity contribution is -0.122. The van der Waals surface area contributed by atoms with E-state index >= 15 is 0 Å². The lowest BCUT2D eigenvalue weighted by Crippen LogP contribution is -2.54. The van der Waals surface area contributed by atoms with Crippen LogP contribution in [0.2, 0.25) is 0 Å². The van der Waals surface area contributed by atoms with Crippen molar-refractivity contribution in [1.29, 1.82) is 0 Å². The molecule has 0 atom stereocenters. The molecule has 1 fully saturated rings. The maximum atomic E-state index is 13.3. The van der Waals surface area contributed by atoms with Gasteiger partial charge in [0.2, 0.25) is 0 Å². The van der Waals surface area contributed by atoms with Crippen LogP contribution in [0, 0.1) is 6.92 Å². The molecule has 3 aromatic rings. The first kappa shape index (κ1) is 26.2. The summed E-state index contributed by atoms with van der Waals surface area (Å²) in [5.41, 5.74) is 2.70. The van der Waals surface area contributed by atoms with E-state index in [1.807, 2.05) is 31.2 Å². The summed E-state index contributed by atoms with van der Waals surface area (Å²) in [7, 11) is 1.52. The first-order chi connectivity index (χ1) is 18.3. The molecule has 38 heavy (non-hydrogen) atoms. The molecule has 1 N–H and O–H groups in total. The van der Waals surface area contributed by atoms with Crippen molar-refractivity contribution in [2.75, 3.05) is 18.6 Å². The van der Waals surface area contributed by atoms with E-state index in [9.17, 15) is 19.2 Å². The summed E-state index contributed by atoms with van der Waals surface area (Å²) in [6.07, 6.45) is 1.37. The van der Waals surface area contributed by atoms with Gasteiger partial charge in [-0.3, -0.25) is 14.9 Å². The number of urea groups is 1. The third kappa shape index (κ3) is 5.73. The molecule has 0 spiro atoms. The SMILES string of the molecule is CCOC(=O)c1ccc(N2C(=O)NC(=O)/C(=C\c3ccc(OC)cc3OCc3ccc(C)cc3)C2=O)cc1. The maximum absolute atomic E-state index is 13.3. The van der Waals surface area contributed by atoms with Gasteiger partial charge in [-0.1, -0.05) is 29.8 Å². The molecule has 0 saturated carbocycles. The highest BCUT2D eigenvalue weighted by Gasteiger charge is 2.37. The molecule has 0 aliphatic carbocycles. The van der Waals surface area contributed by atoms with E-state index in [2.05, 4.69) is 5.32 Å². The lowest BCUT2D eigenvalue weighted by atomic mass is 10.1. The minimum absolute atomic E-state index is 0.185. The van der Waals surface area contributed by atoms with Gasteiger partial charge in [0, 0.05) is 11.6 Å². The molecule has 0 bridgehead atoms. The minimum atomic E-state index is -0.897. The van der Waals surface area contributed by atoms with E-state index in [0.29, 0.717) is 17.1 Å². The molecule has 0 aromatic heterocycles. The van der Waals surface area contributed by atoms with Crippen LogP contribution in [0.15, 0.2) is 72.3 Å². The molecule has 1 saturated heterocycles. The highest BCUT2D eigenvalue weighted by Crippen LogP contribution is 2.30. The number of carbonyl (C=O) groups excluding carboxylic acids is 4. The molecular weight excluding hydrogens is 488 g/mol. The second-order valence-corrected chi connectivity index (χ2v) is 8.40. The first-order valence-corrected chi connectivity index (χ1v) is 11.9. The molecule has 1 aliphatic rings. The number of rotatable bonds is 8. The van der Waals surface area contributed by atoms with Gasteiger partial charge in [0.05, 0.1) is 25.0 Å². The van der Waals surface area contributed by atoms with Gasteiger partial charge >= 0.3 is 12.0 Å². The van der Waals surface area contributed by atoms with Gasteiger partial charge in [-0.05, 0) is 61.9 Å². The molecular formula is C29H26N2O7. The second kappa shape index (κ2) is 11.4. The van der Waals surface area contributed by atoms with Crippen molar-refractivity contribution >= 4 is 35.6 Å². The number of ether oxygens (including phenoxy) is 3. The normalized spacial score (nSPS) is 14.3. The number of esters is 1. The summed E-state index contributed by atoms with van der Waals surface area (Å²) in [5.74, 6) is -1.26. The standard InChI is InChI=1S/C29H26N2O7/c1-4-37-28(34)20-9-12-22(13-10-20)31-27(33)24(26(32)30-29(31)35)15-21-11-14-23(36-3)16-25(21)38-17-19-7-5-18(2)6-8-19/h5-16H,4,17H2,1-3H3,(H,30,32,35)/b24-15+. The van der Waals surface area contributed by atoms with Crippen LogP contribution >= 0.6 is 0 Å². The Morgan fingerprint density at radius 1 is 0.974 bits per heavy atom. The van der Waals surface area contributed by atoms with Gasteiger partial charge in [-0.25, -0.2) is 14.5 Å². The molecule has 9 heteroatoms. The Morgan fingerprint density at radius 2 is 1.68 bits per heavy atom. The molecule has 3 aromatic carbocycles. The molecule has 1 heterocycles. The van der Waals surface area contributed by atoms with Crippen molar-refractivity contribution in [2.24, 2.45) is 0 Å². The van der Waals surface area contributed by atoms with Crippen molar-refractivity contribution in [2.45, 2.75) is 20.5 Å². The highest BCUT2D eigenvalue weighted by molar-refractivity contribution is 6.39. The van der Waals surface area contributed by atoms with E-state index in [0.717, 1.165) is 16.0 Å². The Hall–Kier alpha value is -4.92. The minimum Gasteiger partial charge on any atom is -0.497 e. The molecule has 9 nitrogen and oxygen atoms in total. The monoisotopic (exact) mass is 514 g/mol. The topological polar surface area (TPSA) is 111 Å². The summed E-state index contributed by atoms with van der Waals surface area (Å²) in [5, 5.41) is 2.19. The number of methoxy groups -OCH3 is 1. The smallest absolute Gasteiger partial charge is 0.338 e. The zero-order valence-electron chi connectivity index (χ0n) is 21.1. The van der Waals surface area contributed by atoms with Crippen molar-refractivity contribution in [3.63, 3.8) is 0 Å². The third-order valence-corrected chi connectivity index (χ3v) is 5.77. The van der Waals surface area contributed by atoms with E-state index in [1.54, 1.807) is 25.1 Å². The van der Waals surface area contributed by atoms with Crippen LogP contribution in [0.5, 0.6) is 11.5 Å². The summed E-state index contributed by atoms with van der Waals surface area (Å²) >= 11 is 0. The van der Waals surface area contributed by atoms with Crippen molar-refractivity contribution in [3.05, 3.63) is 94.6 Å². The molecule has 4 amide bonds. The largest absolute Gasteiger partial charge is 0.497 e. The molecule has 0 unspecified atom stereocenters. The number of benzene rings is 3. The quantitative estimate of drug-likeness (QED) is 0.269. The first-order valence-electron chi connectivity index (χ1n) is 11.9. The summed E-state index contributed by atoms with van der Waals surface area (Å²) in [4.78, 5) is 51.4. The summed E-state index contributed by atoms with van der Waals surface area (Å²) in [6, 6.07) is 17.7. The van der Waals surface area contributed by atoms with Gasteiger partial charge in [0.15, 0.2) is 0 Å². The predicted molar refractivity (Wildman–Crippen MR) is 140 cm³/mol. The number of aryl methyl sites for hydroxylation is 1. The summed E-state index contributed by atoms with van der Waals surface area (Å²) in [6.45, 7) is 4.15. The number of barbiturate groups is 1. The summed E-state index contributed by atoms with van der Waals surface area (Å²) < 4.78 is 16.3. The fraction of sp³-hybridized carbons (Fsp3) is 0.172. The Bertz CT molecular complexity index is 1410. The van der Waals surface area contributed by atoms with E-state index in [4.69, 9.17) is 14.2 Å². The van der Waals surface area contributed by atoms with Crippen LogP contribution in [0.4, 0.5) is 10.5 Å². The van der Waals surface area contributed by atoms with Gasteiger partial charge in [0.25, 0.3) is 11.8 Å². The molecule has 4 rings (SSSR count). The van der Waals surface area contributed by atoms with Gasteiger partial charge in [-0.15, -0.1) is 0 Å². The fourth-order valence-corrected chi connectivity index (χ4v) is 3.74. The van der Waals surface area contributed by atoms with Crippen LogP contribution < -0.4 is 19.7 Å². The van der Waals surface area contributed by atoms with Crippen LogP contribution in [0.3, 0.4) is 0 Å².